The monoisotopic (exact) mass is 323 g/mol. The van der Waals surface area contributed by atoms with Crippen LogP contribution in [-0.2, 0) is 4.79 Å². The second kappa shape index (κ2) is 6.50. The lowest BCUT2D eigenvalue weighted by atomic mass is 10.2. The van der Waals surface area contributed by atoms with Crippen LogP contribution in [0.25, 0.3) is 5.65 Å². The highest BCUT2D eigenvalue weighted by Gasteiger charge is 2.18. The predicted octanol–water partition coefficient (Wildman–Crippen LogP) is 2.72. The minimum atomic E-state index is -0.380. The lowest BCUT2D eigenvalue weighted by Crippen LogP contribution is -2.23. The van der Waals surface area contributed by atoms with E-state index in [1.54, 1.807) is 31.2 Å². The number of rotatable bonds is 4. The second-order valence-electron chi connectivity index (χ2n) is 4.82. The number of thioether (sulfide) groups is 1. The number of nitrogens with one attached hydrogen (secondary N) is 1. The maximum Gasteiger partial charge on any atom is 0.237 e. The Bertz CT molecular complexity index is 899. The number of hydrogen-bond acceptors (Lipinski definition) is 5. The summed E-state index contributed by atoms with van der Waals surface area (Å²) in [5.41, 5.74) is 1.68. The van der Waals surface area contributed by atoms with Crippen molar-refractivity contribution in [3.8, 4) is 6.07 Å². The van der Waals surface area contributed by atoms with Crippen molar-refractivity contribution in [1.29, 1.82) is 5.26 Å². The van der Waals surface area contributed by atoms with Crippen LogP contribution in [0, 0.1) is 11.3 Å². The first-order valence-corrected chi connectivity index (χ1v) is 7.83. The van der Waals surface area contributed by atoms with Gasteiger partial charge >= 0.3 is 0 Å². The summed E-state index contributed by atoms with van der Waals surface area (Å²) in [5.74, 6) is -0.189. The summed E-state index contributed by atoms with van der Waals surface area (Å²) >= 11 is 1.31. The number of pyridine rings is 1. The van der Waals surface area contributed by atoms with Gasteiger partial charge in [0.15, 0.2) is 10.8 Å². The molecule has 0 spiro atoms. The van der Waals surface area contributed by atoms with E-state index in [0.29, 0.717) is 16.4 Å². The van der Waals surface area contributed by atoms with Gasteiger partial charge in [0.05, 0.1) is 16.5 Å². The number of carbonyl (C=O) groups is 1. The average molecular weight is 323 g/mol. The zero-order valence-electron chi connectivity index (χ0n) is 12.3. The van der Waals surface area contributed by atoms with E-state index in [2.05, 4.69) is 21.6 Å². The van der Waals surface area contributed by atoms with Crippen LogP contribution >= 0.6 is 11.8 Å². The molecule has 0 radical (unpaired) electrons. The van der Waals surface area contributed by atoms with E-state index < -0.39 is 0 Å². The Hall–Kier alpha value is -2.85. The molecule has 0 fully saturated rings. The lowest BCUT2D eigenvalue weighted by molar-refractivity contribution is -0.115. The number of nitriles is 1. The highest BCUT2D eigenvalue weighted by molar-refractivity contribution is 8.00. The number of hydrogen-bond donors (Lipinski definition) is 1. The molecule has 1 aromatic carbocycles. The van der Waals surface area contributed by atoms with Crippen molar-refractivity contribution in [1.82, 2.24) is 14.6 Å². The summed E-state index contributed by atoms with van der Waals surface area (Å²) < 4.78 is 1.83. The van der Waals surface area contributed by atoms with Crippen LogP contribution in [0.1, 0.15) is 12.5 Å². The molecule has 6 nitrogen and oxygen atoms in total. The fourth-order valence-electron chi connectivity index (χ4n) is 2.04. The van der Waals surface area contributed by atoms with Crippen LogP contribution in [0.4, 0.5) is 5.69 Å². The Morgan fingerprint density at radius 1 is 1.26 bits per heavy atom. The molecule has 1 atom stereocenters. The van der Waals surface area contributed by atoms with Crippen molar-refractivity contribution in [3.63, 3.8) is 0 Å². The molecule has 2 aromatic heterocycles. The first-order valence-electron chi connectivity index (χ1n) is 6.95. The zero-order valence-corrected chi connectivity index (χ0v) is 13.1. The molecule has 114 valence electrons. The van der Waals surface area contributed by atoms with E-state index in [9.17, 15) is 4.79 Å². The fourth-order valence-corrected chi connectivity index (χ4v) is 2.87. The molecule has 0 aliphatic rings. The molecule has 0 saturated heterocycles. The number of anilines is 1. The summed E-state index contributed by atoms with van der Waals surface area (Å²) in [6.07, 6.45) is 1.85. The molecule has 7 heteroatoms. The van der Waals surface area contributed by atoms with Gasteiger partial charge in [0.25, 0.3) is 0 Å². The van der Waals surface area contributed by atoms with E-state index in [1.165, 1.54) is 11.8 Å². The minimum absolute atomic E-state index is 0.189. The fraction of sp³-hybridized carbons (Fsp3) is 0.125. The third kappa shape index (κ3) is 3.17. The first kappa shape index (κ1) is 15.1. The highest BCUT2D eigenvalue weighted by atomic mass is 32.2. The molecule has 3 rings (SSSR count). The van der Waals surface area contributed by atoms with Gasteiger partial charge in [0, 0.05) is 6.20 Å². The van der Waals surface area contributed by atoms with Crippen LogP contribution < -0.4 is 5.32 Å². The summed E-state index contributed by atoms with van der Waals surface area (Å²) in [5, 5.41) is 20.3. The SMILES string of the molecule is CC(Sc1nnc2ccccn12)C(=O)Nc1ccccc1C#N. The maximum atomic E-state index is 12.3. The van der Waals surface area contributed by atoms with Crippen LogP contribution in [0.3, 0.4) is 0 Å². The molecule has 23 heavy (non-hydrogen) atoms. The topological polar surface area (TPSA) is 83.1 Å². The van der Waals surface area contributed by atoms with E-state index in [-0.39, 0.29) is 11.2 Å². The summed E-state index contributed by atoms with van der Waals surface area (Å²) in [6.45, 7) is 1.79. The molecule has 0 bridgehead atoms. The molecule has 0 aliphatic carbocycles. The molecule has 0 saturated carbocycles. The largest absolute Gasteiger partial charge is 0.324 e. The maximum absolute atomic E-state index is 12.3. The van der Waals surface area contributed by atoms with Gasteiger partial charge in [-0.25, -0.2) is 0 Å². The number of aromatic nitrogens is 3. The van der Waals surface area contributed by atoms with Gasteiger partial charge in [-0.1, -0.05) is 30.0 Å². The van der Waals surface area contributed by atoms with Gasteiger partial charge in [0.1, 0.15) is 6.07 Å². The zero-order chi connectivity index (χ0) is 16.2. The Kier molecular flexibility index (Phi) is 4.26. The van der Waals surface area contributed by atoms with Crippen molar-refractivity contribution < 1.29 is 4.79 Å². The summed E-state index contributed by atoms with van der Waals surface area (Å²) in [4.78, 5) is 12.3. The first-order chi connectivity index (χ1) is 11.2. The number of fused-ring (bicyclic) bond motifs is 1. The smallest absolute Gasteiger partial charge is 0.237 e. The van der Waals surface area contributed by atoms with Crippen molar-refractivity contribution in [2.45, 2.75) is 17.3 Å². The quantitative estimate of drug-likeness (QED) is 0.746. The Balaban J connectivity index is 1.74. The Morgan fingerprint density at radius 3 is 2.87 bits per heavy atom. The third-order valence-electron chi connectivity index (χ3n) is 3.24. The lowest BCUT2D eigenvalue weighted by Gasteiger charge is -2.11. The van der Waals surface area contributed by atoms with Crippen LogP contribution in [0.5, 0.6) is 0 Å². The molecular formula is C16H13N5OS. The molecule has 0 aliphatic heterocycles. The van der Waals surface area contributed by atoms with Crippen molar-refractivity contribution in [2.75, 3.05) is 5.32 Å². The molecule has 1 N–H and O–H groups in total. The number of carbonyl (C=O) groups excluding carboxylic acids is 1. The van der Waals surface area contributed by atoms with Gasteiger partial charge < -0.3 is 5.32 Å². The molecule has 1 amide bonds. The van der Waals surface area contributed by atoms with Crippen LogP contribution in [-0.4, -0.2) is 25.8 Å². The van der Waals surface area contributed by atoms with Crippen molar-refractivity contribution in [2.24, 2.45) is 0 Å². The standard InChI is InChI=1S/C16H13N5OS/c1-11(15(22)18-13-7-3-2-6-12(13)10-17)23-16-20-19-14-8-4-5-9-21(14)16/h2-9,11H,1H3,(H,18,22). The summed E-state index contributed by atoms with van der Waals surface area (Å²) in [6, 6.07) is 14.6. The van der Waals surface area contributed by atoms with E-state index in [1.807, 2.05) is 28.8 Å². The van der Waals surface area contributed by atoms with Gasteiger partial charge in [-0.3, -0.25) is 9.20 Å². The number of para-hydroxylation sites is 1. The summed E-state index contributed by atoms with van der Waals surface area (Å²) in [7, 11) is 0. The number of amides is 1. The number of benzene rings is 1. The van der Waals surface area contributed by atoms with Crippen molar-refractivity contribution >= 4 is 29.0 Å². The minimum Gasteiger partial charge on any atom is -0.324 e. The van der Waals surface area contributed by atoms with E-state index >= 15 is 0 Å². The average Bonchev–Trinajstić information content (AvgIpc) is 2.98. The van der Waals surface area contributed by atoms with Gasteiger partial charge in [-0.2, -0.15) is 5.26 Å². The van der Waals surface area contributed by atoms with Gasteiger partial charge in [0.2, 0.25) is 5.91 Å². The van der Waals surface area contributed by atoms with Crippen LogP contribution in [0.2, 0.25) is 0 Å². The second-order valence-corrected chi connectivity index (χ2v) is 6.13. The van der Waals surface area contributed by atoms with Gasteiger partial charge in [-0.05, 0) is 31.2 Å². The van der Waals surface area contributed by atoms with Gasteiger partial charge in [-0.15, -0.1) is 10.2 Å². The molecule has 1 unspecified atom stereocenters. The normalized spacial score (nSPS) is 11.8. The van der Waals surface area contributed by atoms with E-state index in [4.69, 9.17) is 5.26 Å². The molecule has 2 heterocycles. The van der Waals surface area contributed by atoms with E-state index in [0.717, 1.165) is 5.65 Å². The number of nitrogens with zero attached hydrogens (tertiary/aromatic N) is 4. The third-order valence-corrected chi connectivity index (χ3v) is 4.30. The molecular weight excluding hydrogens is 310 g/mol. The Labute approximate surface area is 137 Å². The Morgan fingerprint density at radius 2 is 2.04 bits per heavy atom. The predicted molar refractivity (Wildman–Crippen MR) is 88.1 cm³/mol. The van der Waals surface area contributed by atoms with Crippen molar-refractivity contribution in [3.05, 3.63) is 54.2 Å². The molecule has 3 aromatic rings. The van der Waals surface area contributed by atoms with Crippen LogP contribution in [0.15, 0.2) is 53.8 Å². The highest BCUT2D eigenvalue weighted by Crippen LogP contribution is 2.23.